The van der Waals surface area contributed by atoms with Crippen molar-refractivity contribution in [1.29, 1.82) is 0 Å². The Kier molecular flexibility index (Phi) is 15.0. The van der Waals surface area contributed by atoms with E-state index in [9.17, 15) is 9.59 Å². The third kappa shape index (κ3) is 17.1. The molecular formula is C20H36O3. The number of hydrogen-bond donors (Lipinski definition) is 1. The van der Waals surface area contributed by atoms with Gasteiger partial charge in [0.05, 0.1) is 0 Å². The molecule has 0 aromatic carbocycles. The van der Waals surface area contributed by atoms with Gasteiger partial charge in [0.25, 0.3) is 0 Å². The number of rotatable bonds is 11. The van der Waals surface area contributed by atoms with E-state index in [1.807, 2.05) is 0 Å². The van der Waals surface area contributed by atoms with Gasteiger partial charge in [0.1, 0.15) is 5.78 Å². The summed E-state index contributed by atoms with van der Waals surface area (Å²) in [5, 5.41) is 8.19. The molecule has 1 N–H and O–H groups in total. The van der Waals surface area contributed by atoms with Crippen LogP contribution in [0.5, 0.6) is 0 Å². The predicted octanol–water partition coefficient (Wildman–Crippen LogP) is 5.92. The Morgan fingerprint density at radius 2 is 1.65 bits per heavy atom. The Bertz CT molecular complexity index is 312. The summed E-state index contributed by atoms with van der Waals surface area (Å²) in [7, 11) is 0. The van der Waals surface area contributed by atoms with Crippen molar-refractivity contribution < 1.29 is 14.7 Å². The van der Waals surface area contributed by atoms with Crippen LogP contribution in [-0.4, -0.2) is 16.9 Å². The molecule has 1 saturated carbocycles. The average molecular weight is 325 g/mol. The van der Waals surface area contributed by atoms with Crippen molar-refractivity contribution in [3.05, 3.63) is 12.2 Å². The molecule has 0 unspecified atom stereocenters. The molecule has 0 bridgehead atoms. The van der Waals surface area contributed by atoms with Crippen molar-refractivity contribution >= 4 is 11.8 Å². The zero-order valence-corrected chi connectivity index (χ0v) is 15.2. The lowest BCUT2D eigenvalue weighted by molar-refractivity contribution is -0.137. The molecule has 1 fully saturated rings. The molecule has 23 heavy (non-hydrogen) atoms. The number of carboxylic acid groups (broad SMARTS) is 1. The molecule has 134 valence electrons. The van der Waals surface area contributed by atoms with Gasteiger partial charge in [-0.05, 0) is 51.4 Å². The number of Topliss-reactive ketones (excluding diaryl/α,β-unsaturated/α-hetero) is 1. The van der Waals surface area contributed by atoms with E-state index >= 15 is 0 Å². The number of hydrogen-bond acceptors (Lipinski definition) is 2. The Hall–Kier alpha value is -1.12. The van der Waals surface area contributed by atoms with Crippen LogP contribution in [0, 0.1) is 5.92 Å². The van der Waals surface area contributed by atoms with Gasteiger partial charge in [0.2, 0.25) is 0 Å². The molecule has 0 saturated heterocycles. The van der Waals surface area contributed by atoms with E-state index in [0.717, 1.165) is 5.92 Å². The third-order valence-corrected chi connectivity index (χ3v) is 4.20. The lowest BCUT2D eigenvalue weighted by atomic mass is 10.1. The number of unbranched alkanes of at least 4 members (excludes halogenated alkanes) is 5. The smallest absolute Gasteiger partial charge is 0.303 e. The monoisotopic (exact) mass is 324 g/mol. The maximum Gasteiger partial charge on any atom is 0.303 e. The van der Waals surface area contributed by atoms with Gasteiger partial charge in [-0.1, -0.05) is 51.2 Å². The minimum absolute atomic E-state index is 0.130. The van der Waals surface area contributed by atoms with Crippen molar-refractivity contribution in [2.75, 3.05) is 0 Å². The second-order valence-electron chi connectivity index (χ2n) is 6.62. The van der Waals surface area contributed by atoms with Crippen molar-refractivity contribution in [2.45, 2.75) is 97.3 Å². The molecule has 1 aliphatic carbocycles. The molecule has 0 spiro atoms. The molecule has 3 heteroatoms. The van der Waals surface area contributed by atoms with Crippen LogP contribution in [-0.2, 0) is 9.59 Å². The zero-order chi connectivity index (χ0) is 17.3. The highest BCUT2D eigenvalue weighted by Gasteiger charge is 2.10. The highest BCUT2D eigenvalue weighted by Crippen LogP contribution is 2.25. The molecular weight excluding hydrogens is 288 g/mol. The molecule has 0 radical (unpaired) electrons. The zero-order valence-electron chi connectivity index (χ0n) is 15.2. The largest absolute Gasteiger partial charge is 0.481 e. The summed E-state index contributed by atoms with van der Waals surface area (Å²) in [6.45, 7) is 3.79. The maximum absolute atomic E-state index is 10.3. The molecule has 0 amide bonds. The molecule has 3 nitrogen and oxygen atoms in total. The standard InChI is InChI=1S/C13H24.C7H12O3/c1-2-3-4-5-6-7-10-13-11-8-9-12-13;1-6(8)4-2-3-5-7(9)10/h7,10,13H,2-6,8-9,11-12H2,1H3;2-5H2,1H3,(H,9,10)/b10-7+;. The Labute approximate surface area is 142 Å². The van der Waals surface area contributed by atoms with Crippen LogP contribution >= 0.6 is 0 Å². The van der Waals surface area contributed by atoms with Crippen LogP contribution in [0.3, 0.4) is 0 Å². The van der Waals surface area contributed by atoms with Gasteiger partial charge in [-0.25, -0.2) is 0 Å². The second-order valence-corrected chi connectivity index (χ2v) is 6.62. The summed E-state index contributed by atoms with van der Waals surface area (Å²) < 4.78 is 0. The van der Waals surface area contributed by atoms with Crippen LogP contribution in [0.1, 0.15) is 97.3 Å². The molecule has 0 heterocycles. The molecule has 1 rings (SSSR count). The Balaban J connectivity index is 0.000000438. The fourth-order valence-corrected chi connectivity index (χ4v) is 2.78. The normalized spacial score (nSPS) is 14.7. The summed E-state index contributed by atoms with van der Waals surface area (Å²) in [6.07, 6.45) is 19.6. The van der Waals surface area contributed by atoms with Crippen LogP contribution in [0.4, 0.5) is 0 Å². The minimum atomic E-state index is -0.788. The maximum atomic E-state index is 10.3. The lowest BCUT2D eigenvalue weighted by Crippen LogP contribution is -1.95. The Morgan fingerprint density at radius 1 is 1.00 bits per heavy atom. The van der Waals surface area contributed by atoms with E-state index in [1.54, 1.807) is 0 Å². The molecule has 0 aromatic rings. The number of carbonyl (C=O) groups is 2. The van der Waals surface area contributed by atoms with E-state index < -0.39 is 5.97 Å². The van der Waals surface area contributed by atoms with Gasteiger partial charge in [0.15, 0.2) is 0 Å². The van der Waals surface area contributed by atoms with Gasteiger partial charge in [-0.2, -0.15) is 0 Å². The summed E-state index contributed by atoms with van der Waals surface area (Å²) >= 11 is 0. The molecule has 1 aliphatic rings. The van der Waals surface area contributed by atoms with E-state index in [0.29, 0.717) is 19.3 Å². The van der Waals surface area contributed by atoms with Gasteiger partial charge >= 0.3 is 5.97 Å². The first-order chi connectivity index (χ1) is 11.1. The van der Waals surface area contributed by atoms with Crippen molar-refractivity contribution in [1.82, 2.24) is 0 Å². The highest BCUT2D eigenvalue weighted by molar-refractivity contribution is 5.75. The highest BCUT2D eigenvalue weighted by atomic mass is 16.4. The third-order valence-electron chi connectivity index (χ3n) is 4.20. The molecule has 0 aromatic heterocycles. The van der Waals surface area contributed by atoms with Crippen molar-refractivity contribution in [2.24, 2.45) is 5.92 Å². The van der Waals surface area contributed by atoms with Gasteiger partial charge in [-0.15, -0.1) is 0 Å². The van der Waals surface area contributed by atoms with Crippen LogP contribution in [0.15, 0.2) is 12.2 Å². The lowest BCUT2D eigenvalue weighted by Gasteiger charge is -1.99. The predicted molar refractivity (Wildman–Crippen MR) is 96.6 cm³/mol. The van der Waals surface area contributed by atoms with E-state index in [2.05, 4.69) is 19.1 Å². The molecule has 0 aliphatic heterocycles. The van der Waals surface area contributed by atoms with Gasteiger partial charge < -0.3 is 9.90 Å². The first-order valence-electron chi connectivity index (χ1n) is 9.44. The van der Waals surface area contributed by atoms with Gasteiger partial charge in [-0.3, -0.25) is 4.79 Å². The first kappa shape index (κ1) is 21.9. The van der Waals surface area contributed by atoms with Gasteiger partial charge in [0, 0.05) is 12.8 Å². The Morgan fingerprint density at radius 3 is 2.22 bits per heavy atom. The summed E-state index contributed by atoms with van der Waals surface area (Å²) in [6, 6.07) is 0. The number of ketones is 1. The van der Waals surface area contributed by atoms with Crippen LogP contribution < -0.4 is 0 Å². The quantitative estimate of drug-likeness (QED) is 0.379. The number of carboxylic acids is 1. The van der Waals surface area contributed by atoms with Crippen molar-refractivity contribution in [3.63, 3.8) is 0 Å². The second kappa shape index (κ2) is 15.8. The van der Waals surface area contributed by atoms with Crippen molar-refractivity contribution in [3.8, 4) is 0 Å². The number of aliphatic carboxylic acids is 1. The number of allylic oxidation sites excluding steroid dienone is 2. The van der Waals surface area contributed by atoms with E-state index in [-0.39, 0.29) is 12.2 Å². The summed E-state index contributed by atoms with van der Waals surface area (Å²) in [5.74, 6) is 0.278. The number of carbonyl (C=O) groups excluding carboxylic acids is 1. The SMILES string of the molecule is CC(=O)CCCCC(=O)O.CCCCCC/C=C/C1CCCC1. The molecule has 0 atom stereocenters. The summed E-state index contributed by atoms with van der Waals surface area (Å²) in [4.78, 5) is 20.3. The van der Waals surface area contributed by atoms with Crippen LogP contribution in [0.25, 0.3) is 0 Å². The minimum Gasteiger partial charge on any atom is -0.481 e. The first-order valence-corrected chi connectivity index (χ1v) is 9.44. The topological polar surface area (TPSA) is 54.4 Å². The van der Waals surface area contributed by atoms with E-state index in [4.69, 9.17) is 5.11 Å². The summed E-state index contributed by atoms with van der Waals surface area (Å²) in [5.41, 5.74) is 0. The average Bonchev–Trinajstić information content (AvgIpc) is 3.01. The van der Waals surface area contributed by atoms with E-state index in [1.165, 1.54) is 64.7 Å². The fourth-order valence-electron chi connectivity index (χ4n) is 2.78. The van der Waals surface area contributed by atoms with Crippen LogP contribution in [0.2, 0.25) is 0 Å². The fraction of sp³-hybridized carbons (Fsp3) is 0.800.